The lowest BCUT2D eigenvalue weighted by molar-refractivity contribution is 1.41. The molecule has 0 radical (unpaired) electrons. The zero-order valence-electron chi connectivity index (χ0n) is 21.8. The molecule has 0 atom stereocenters. The van der Waals surface area contributed by atoms with Gasteiger partial charge in [-0.05, 0) is 68.8 Å². The van der Waals surface area contributed by atoms with Crippen LogP contribution in [0.5, 0.6) is 0 Å². The number of hydrogen-bond acceptors (Lipinski definition) is 1. The molecular formula is C38H27N. The molecule has 0 amide bonds. The van der Waals surface area contributed by atoms with Crippen LogP contribution in [-0.2, 0) is 0 Å². The molecular weight excluding hydrogens is 470 g/mol. The molecule has 1 nitrogen and oxygen atoms in total. The Balaban J connectivity index is 1.15. The highest BCUT2D eigenvalue weighted by Gasteiger charge is 2.07. The van der Waals surface area contributed by atoms with Crippen LogP contribution in [0.3, 0.4) is 0 Å². The van der Waals surface area contributed by atoms with Crippen molar-refractivity contribution in [3.05, 3.63) is 151 Å². The standard InChI is InChI=1S/C38H27N/c1-26-9-11-27(12-10-26)28-13-15-29(16-14-28)33-21-22-34-23-35(25-39-38(34)24-33)30-17-19-32(20-18-30)37-8-4-6-31-5-2-3-7-36(31)37/h2-25H,1H3. The predicted octanol–water partition coefficient (Wildman–Crippen LogP) is 10.4. The molecule has 0 aliphatic carbocycles. The molecule has 0 spiro atoms. The smallest absolute Gasteiger partial charge is 0.0708 e. The van der Waals surface area contributed by atoms with E-state index in [-0.39, 0.29) is 0 Å². The van der Waals surface area contributed by atoms with E-state index in [1.807, 2.05) is 6.20 Å². The second-order valence-electron chi connectivity index (χ2n) is 10.2. The van der Waals surface area contributed by atoms with Gasteiger partial charge in [0.25, 0.3) is 0 Å². The van der Waals surface area contributed by atoms with Crippen molar-refractivity contribution in [1.29, 1.82) is 0 Å². The topological polar surface area (TPSA) is 12.9 Å². The van der Waals surface area contributed by atoms with Crippen molar-refractivity contribution in [2.75, 3.05) is 0 Å². The highest BCUT2D eigenvalue weighted by molar-refractivity contribution is 5.97. The SMILES string of the molecule is Cc1ccc(-c2ccc(-c3ccc4cc(-c5ccc(-c6cccc7ccccc67)cc5)cnc4c3)cc2)cc1. The Kier molecular flexibility index (Phi) is 5.75. The molecule has 184 valence electrons. The maximum Gasteiger partial charge on any atom is 0.0708 e. The lowest BCUT2D eigenvalue weighted by Crippen LogP contribution is -1.86. The van der Waals surface area contributed by atoms with Crippen molar-refractivity contribution in [2.45, 2.75) is 6.92 Å². The molecule has 6 aromatic carbocycles. The Morgan fingerprint density at radius 3 is 1.72 bits per heavy atom. The van der Waals surface area contributed by atoms with Gasteiger partial charge in [-0.1, -0.05) is 133 Å². The average Bonchev–Trinajstić information content (AvgIpc) is 3.01. The van der Waals surface area contributed by atoms with Gasteiger partial charge in [0.05, 0.1) is 5.52 Å². The van der Waals surface area contributed by atoms with Crippen LogP contribution >= 0.6 is 0 Å². The van der Waals surface area contributed by atoms with Crippen molar-refractivity contribution < 1.29 is 0 Å². The van der Waals surface area contributed by atoms with Crippen molar-refractivity contribution >= 4 is 21.7 Å². The Labute approximate surface area is 229 Å². The van der Waals surface area contributed by atoms with Gasteiger partial charge >= 0.3 is 0 Å². The Morgan fingerprint density at radius 1 is 0.410 bits per heavy atom. The third-order valence-electron chi connectivity index (χ3n) is 7.61. The first kappa shape index (κ1) is 23.1. The molecule has 7 rings (SSSR count). The molecule has 0 aliphatic rings. The lowest BCUT2D eigenvalue weighted by Gasteiger charge is -2.09. The summed E-state index contributed by atoms with van der Waals surface area (Å²) in [4.78, 5) is 4.84. The van der Waals surface area contributed by atoms with Gasteiger partial charge in [-0.2, -0.15) is 0 Å². The van der Waals surface area contributed by atoms with E-state index < -0.39 is 0 Å². The minimum Gasteiger partial charge on any atom is -0.256 e. The molecule has 7 aromatic rings. The molecule has 1 heteroatoms. The summed E-state index contributed by atoms with van der Waals surface area (Å²) in [6.07, 6.45) is 1.99. The van der Waals surface area contributed by atoms with E-state index in [1.54, 1.807) is 0 Å². The highest BCUT2D eigenvalue weighted by Crippen LogP contribution is 2.32. The molecule has 0 aliphatic heterocycles. The minimum absolute atomic E-state index is 1.01. The molecule has 0 fully saturated rings. The van der Waals surface area contributed by atoms with Crippen LogP contribution < -0.4 is 0 Å². The molecule has 1 aromatic heterocycles. The van der Waals surface area contributed by atoms with Crippen LogP contribution in [0.15, 0.2) is 146 Å². The number of rotatable bonds is 4. The molecule has 1 heterocycles. The van der Waals surface area contributed by atoms with E-state index >= 15 is 0 Å². The van der Waals surface area contributed by atoms with E-state index in [0.717, 1.165) is 16.5 Å². The number of pyridine rings is 1. The van der Waals surface area contributed by atoms with Gasteiger partial charge in [0.15, 0.2) is 0 Å². The number of fused-ring (bicyclic) bond motifs is 2. The summed E-state index contributed by atoms with van der Waals surface area (Å²) in [6.45, 7) is 2.12. The number of hydrogen-bond donors (Lipinski definition) is 0. The van der Waals surface area contributed by atoms with Crippen molar-refractivity contribution in [3.8, 4) is 44.5 Å². The summed E-state index contributed by atoms with van der Waals surface area (Å²) in [6, 6.07) is 50.1. The fourth-order valence-electron chi connectivity index (χ4n) is 5.38. The maximum absolute atomic E-state index is 4.84. The number of nitrogens with zero attached hydrogens (tertiary/aromatic N) is 1. The normalized spacial score (nSPS) is 11.2. The van der Waals surface area contributed by atoms with Gasteiger partial charge in [0, 0.05) is 17.1 Å². The number of benzene rings is 6. The summed E-state index contributed by atoms with van der Waals surface area (Å²) in [7, 11) is 0. The van der Waals surface area contributed by atoms with Gasteiger partial charge < -0.3 is 0 Å². The number of aryl methyl sites for hydroxylation is 1. The first-order chi connectivity index (χ1) is 19.2. The third kappa shape index (κ3) is 4.49. The van der Waals surface area contributed by atoms with Crippen LogP contribution in [-0.4, -0.2) is 4.98 Å². The van der Waals surface area contributed by atoms with Gasteiger partial charge in [-0.15, -0.1) is 0 Å². The van der Waals surface area contributed by atoms with E-state index in [9.17, 15) is 0 Å². The van der Waals surface area contributed by atoms with Crippen LogP contribution in [0.25, 0.3) is 66.2 Å². The minimum atomic E-state index is 1.01. The van der Waals surface area contributed by atoms with Gasteiger partial charge in [0.1, 0.15) is 0 Å². The van der Waals surface area contributed by atoms with Gasteiger partial charge in [-0.3, -0.25) is 4.98 Å². The summed E-state index contributed by atoms with van der Waals surface area (Å²) >= 11 is 0. The Hall–Kier alpha value is -5.01. The fourth-order valence-corrected chi connectivity index (χ4v) is 5.38. The van der Waals surface area contributed by atoms with Crippen LogP contribution in [0.4, 0.5) is 0 Å². The average molecular weight is 498 g/mol. The fraction of sp³-hybridized carbons (Fsp3) is 0.0263. The van der Waals surface area contributed by atoms with Crippen molar-refractivity contribution in [1.82, 2.24) is 4.98 Å². The second-order valence-corrected chi connectivity index (χ2v) is 10.2. The first-order valence-corrected chi connectivity index (χ1v) is 13.4. The monoisotopic (exact) mass is 497 g/mol. The van der Waals surface area contributed by atoms with Gasteiger partial charge in [0.2, 0.25) is 0 Å². The number of aromatic nitrogens is 1. The Morgan fingerprint density at radius 2 is 0.974 bits per heavy atom. The predicted molar refractivity (Wildman–Crippen MR) is 166 cm³/mol. The summed E-state index contributed by atoms with van der Waals surface area (Å²) in [5, 5.41) is 3.69. The molecule has 0 N–H and O–H groups in total. The lowest BCUT2D eigenvalue weighted by atomic mass is 9.96. The quantitative estimate of drug-likeness (QED) is 0.236. The summed E-state index contributed by atoms with van der Waals surface area (Å²) in [5.41, 5.74) is 11.9. The van der Waals surface area contributed by atoms with Crippen LogP contribution in [0, 0.1) is 6.92 Å². The van der Waals surface area contributed by atoms with E-state index in [2.05, 4.69) is 146 Å². The van der Waals surface area contributed by atoms with E-state index in [0.29, 0.717) is 0 Å². The van der Waals surface area contributed by atoms with Crippen LogP contribution in [0.2, 0.25) is 0 Å². The molecule has 39 heavy (non-hydrogen) atoms. The van der Waals surface area contributed by atoms with E-state index in [1.165, 1.54) is 55.3 Å². The first-order valence-electron chi connectivity index (χ1n) is 13.4. The Bertz CT molecular complexity index is 1920. The third-order valence-corrected chi connectivity index (χ3v) is 7.61. The zero-order chi connectivity index (χ0) is 26.2. The largest absolute Gasteiger partial charge is 0.256 e. The summed E-state index contributed by atoms with van der Waals surface area (Å²) in [5.74, 6) is 0. The highest BCUT2D eigenvalue weighted by atomic mass is 14.6. The molecule has 0 saturated carbocycles. The molecule has 0 saturated heterocycles. The maximum atomic E-state index is 4.84. The van der Waals surface area contributed by atoms with Gasteiger partial charge in [-0.25, -0.2) is 0 Å². The second kappa shape index (κ2) is 9.70. The van der Waals surface area contributed by atoms with Crippen molar-refractivity contribution in [2.24, 2.45) is 0 Å². The van der Waals surface area contributed by atoms with E-state index in [4.69, 9.17) is 4.98 Å². The zero-order valence-corrected chi connectivity index (χ0v) is 21.8. The summed E-state index contributed by atoms with van der Waals surface area (Å²) < 4.78 is 0. The molecule has 0 bridgehead atoms. The van der Waals surface area contributed by atoms with Crippen molar-refractivity contribution in [3.63, 3.8) is 0 Å². The molecule has 0 unspecified atom stereocenters. The van der Waals surface area contributed by atoms with Crippen LogP contribution in [0.1, 0.15) is 5.56 Å².